The molecule has 2 aromatic heterocycles. The number of para-hydroxylation sites is 3. The molecule has 0 atom stereocenters. The summed E-state index contributed by atoms with van der Waals surface area (Å²) in [4.78, 5) is 11.6. The van der Waals surface area contributed by atoms with Crippen molar-refractivity contribution >= 4 is 22.4 Å². The highest BCUT2D eigenvalue weighted by atomic mass is 16.5. The molecule has 5 heteroatoms. The van der Waals surface area contributed by atoms with Gasteiger partial charge in [-0.25, -0.2) is 4.98 Å². The molecule has 1 aliphatic heterocycles. The lowest BCUT2D eigenvalue weighted by Crippen LogP contribution is -2.26. The molecule has 196 valence electrons. The van der Waals surface area contributed by atoms with Crippen LogP contribution in [0.1, 0.15) is 30.4 Å². The van der Waals surface area contributed by atoms with Crippen molar-refractivity contribution in [2.24, 2.45) is 0 Å². The van der Waals surface area contributed by atoms with Crippen LogP contribution in [0, 0.1) is 0 Å². The largest absolute Gasteiger partial charge is 0.457 e. The summed E-state index contributed by atoms with van der Waals surface area (Å²) in [5.41, 5.74) is 7.05. The van der Waals surface area contributed by atoms with Crippen molar-refractivity contribution in [1.82, 2.24) is 14.5 Å². The van der Waals surface area contributed by atoms with Crippen molar-refractivity contribution in [2.75, 3.05) is 4.90 Å². The fraction of sp³-hybridized carbons (Fsp3) is 0.143. The molecule has 5 nitrogen and oxygen atoms in total. The Bertz CT molecular complexity index is 2030. The van der Waals surface area contributed by atoms with Crippen LogP contribution in [0.5, 0.6) is 11.5 Å². The van der Waals surface area contributed by atoms with E-state index >= 15 is 0 Å². The lowest BCUT2D eigenvalue weighted by Gasteiger charge is -2.32. The monoisotopic (exact) mass is 525 g/mol. The first-order chi connectivity index (χ1) is 20.7. The number of nitrogens with zero attached hydrogens (tertiary/aromatic N) is 4. The first kappa shape index (κ1) is 21.0. The van der Waals surface area contributed by atoms with Gasteiger partial charge in [-0.15, -0.1) is 0 Å². The van der Waals surface area contributed by atoms with Crippen LogP contribution in [0.3, 0.4) is 0 Å². The highest BCUT2D eigenvalue weighted by molar-refractivity contribution is 5.88. The Balaban J connectivity index is 1.27. The van der Waals surface area contributed by atoms with Crippen molar-refractivity contribution < 1.29 is 8.85 Å². The molecular formula is C35H30N4O. The average Bonchev–Trinajstić information content (AvgIpc) is 3.40. The summed E-state index contributed by atoms with van der Waals surface area (Å²) in [6.07, 6.45) is 1.73. The topological polar surface area (TPSA) is 43.2 Å². The second kappa shape index (κ2) is 9.38. The molecule has 4 aromatic carbocycles. The fourth-order valence-electron chi connectivity index (χ4n) is 5.20. The third-order valence-electron chi connectivity index (χ3n) is 7.29. The lowest BCUT2D eigenvalue weighted by atomic mass is 9.87. The molecule has 0 unspecified atom stereocenters. The van der Waals surface area contributed by atoms with Crippen molar-refractivity contribution in [3.63, 3.8) is 0 Å². The first-order valence-corrected chi connectivity index (χ1v) is 13.4. The quantitative estimate of drug-likeness (QED) is 0.230. The van der Waals surface area contributed by atoms with E-state index in [-0.39, 0.29) is 29.3 Å². The number of hydrogen-bond acceptors (Lipinski definition) is 4. The molecule has 0 bridgehead atoms. The Hall–Kier alpha value is -4.90. The van der Waals surface area contributed by atoms with Crippen molar-refractivity contribution in [3.8, 4) is 34.1 Å². The van der Waals surface area contributed by atoms with Gasteiger partial charge in [-0.1, -0.05) is 63.2 Å². The zero-order valence-electron chi connectivity index (χ0n) is 25.6. The van der Waals surface area contributed by atoms with Gasteiger partial charge >= 0.3 is 0 Å². The summed E-state index contributed by atoms with van der Waals surface area (Å²) in [6.45, 7) is 6.93. The molecule has 0 aliphatic carbocycles. The molecule has 40 heavy (non-hydrogen) atoms. The predicted molar refractivity (Wildman–Crippen MR) is 162 cm³/mol. The molecule has 6 aromatic rings. The van der Waals surface area contributed by atoms with Gasteiger partial charge in [-0.3, -0.25) is 4.98 Å². The molecule has 0 amide bonds. The van der Waals surface area contributed by atoms with Gasteiger partial charge in [-0.05, 0) is 71.6 Å². The van der Waals surface area contributed by atoms with Crippen LogP contribution in [0.4, 0.5) is 11.4 Å². The Labute approximate surface area is 238 Å². The van der Waals surface area contributed by atoms with Crippen molar-refractivity contribution in [2.45, 2.75) is 32.9 Å². The van der Waals surface area contributed by atoms with Gasteiger partial charge in [-0.2, -0.15) is 0 Å². The maximum Gasteiger partial charge on any atom is 0.144 e. The summed E-state index contributed by atoms with van der Waals surface area (Å²) >= 11 is 0. The highest BCUT2D eigenvalue weighted by Crippen LogP contribution is 2.42. The van der Waals surface area contributed by atoms with E-state index in [9.17, 15) is 0 Å². The average molecular weight is 526 g/mol. The molecule has 1 aliphatic rings. The van der Waals surface area contributed by atoms with E-state index < -0.39 is 0 Å². The minimum Gasteiger partial charge on any atom is -0.457 e. The Morgan fingerprint density at radius 2 is 1.70 bits per heavy atom. The van der Waals surface area contributed by atoms with Crippen LogP contribution in [-0.2, 0) is 12.1 Å². The van der Waals surface area contributed by atoms with Crippen LogP contribution in [0.2, 0.25) is 0 Å². The van der Waals surface area contributed by atoms with E-state index in [4.69, 9.17) is 13.8 Å². The molecule has 0 saturated carbocycles. The Morgan fingerprint density at radius 3 is 2.60 bits per heavy atom. The van der Waals surface area contributed by atoms with Gasteiger partial charge < -0.3 is 14.2 Å². The van der Waals surface area contributed by atoms with Crippen LogP contribution >= 0.6 is 0 Å². The number of hydrogen-bond donors (Lipinski definition) is 0. The van der Waals surface area contributed by atoms with Gasteiger partial charge in [0.25, 0.3) is 0 Å². The van der Waals surface area contributed by atoms with Gasteiger partial charge in [0, 0.05) is 29.1 Å². The van der Waals surface area contributed by atoms with Gasteiger partial charge in [0.1, 0.15) is 24.0 Å². The molecular weight excluding hydrogens is 492 g/mol. The molecule has 0 N–H and O–H groups in total. The van der Waals surface area contributed by atoms with E-state index in [2.05, 4.69) is 53.4 Å². The lowest BCUT2D eigenvalue weighted by molar-refractivity contribution is 0.483. The molecule has 0 radical (unpaired) electrons. The normalized spacial score (nSPS) is 13.8. The second-order valence-corrected chi connectivity index (χ2v) is 11.0. The minimum absolute atomic E-state index is 0.0436. The summed E-state index contributed by atoms with van der Waals surface area (Å²) in [5, 5.41) is 0. The Kier molecular flexibility index (Phi) is 4.92. The van der Waals surface area contributed by atoms with Crippen LogP contribution < -0.4 is 9.64 Å². The third-order valence-corrected chi connectivity index (χ3v) is 7.29. The second-order valence-electron chi connectivity index (χ2n) is 11.0. The first-order valence-electron chi connectivity index (χ1n) is 14.9. The van der Waals surface area contributed by atoms with Gasteiger partial charge in [0.05, 0.1) is 26.5 Å². The van der Waals surface area contributed by atoms with E-state index in [0.29, 0.717) is 23.7 Å². The maximum absolute atomic E-state index is 8.60. The summed E-state index contributed by atoms with van der Waals surface area (Å²) in [7, 11) is 0. The molecule has 7 rings (SSSR count). The molecule has 0 saturated heterocycles. The smallest absolute Gasteiger partial charge is 0.144 e. The van der Waals surface area contributed by atoms with Crippen LogP contribution in [0.15, 0.2) is 115 Å². The van der Waals surface area contributed by atoms with E-state index in [1.807, 2.05) is 66.7 Å². The third kappa shape index (κ3) is 4.30. The number of pyridine rings is 1. The van der Waals surface area contributed by atoms with Gasteiger partial charge in [0.2, 0.25) is 0 Å². The van der Waals surface area contributed by atoms with Crippen LogP contribution in [0.25, 0.3) is 33.7 Å². The number of aromatic nitrogens is 3. The van der Waals surface area contributed by atoms with Crippen molar-refractivity contribution in [3.05, 3.63) is 121 Å². The maximum atomic E-state index is 8.60. The van der Waals surface area contributed by atoms with Crippen molar-refractivity contribution in [1.29, 1.82) is 0 Å². The predicted octanol–water partition coefficient (Wildman–Crippen LogP) is 8.96. The standard InChI is InChI=1S/C35H30N4O/c1-35(2,3)25-18-19-36-31(21-25)24-10-8-12-27(20-24)40-28-13-9-11-26(22-28)38-23-39-33-17-7-5-15-30(33)37-34(39)29-14-4-6-16-32(29)38/h4-22H,23H2,1-3H3/i8D,10D,12D. The fourth-order valence-corrected chi connectivity index (χ4v) is 5.20. The van der Waals surface area contributed by atoms with Gasteiger partial charge in [0.15, 0.2) is 0 Å². The van der Waals surface area contributed by atoms with E-state index in [1.54, 1.807) is 12.3 Å². The molecule has 0 fully saturated rings. The zero-order chi connectivity index (χ0) is 29.9. The number of imidazole rings is 1. The number of rotatable bonds is 4. The summed E-state index contributed by atoms with van der Waals surface area (Å²) in [5.74, 6) is 1.68. The number of anilines is 2. The molecule has 0 spiro atoms. The van der Waals surface area contributed by atoms with E-state index in [1.165, 1.54) is 0 Å². The zero-order valence-corrected chi connectivity index (χ0v) is 22.6. The Morgan fingerprint density at radius 1 is 0.850 bits per heavy atom. The number of fused-ring (bicyclic) bond motifs is 5. The molecule has 3 heterocycles. The number of benzene rings is 4. The summed E-state index contributed by atoms with van der Waals surface area (Å²) in [6, 6.07) is 29.3. The van der Waals surface area contributed by atoms with E-state index in [0.717, 1.165) is 39.4 Å². The minimum atomic E-state index is -0.198. The number of ether oxygens (including phenoxy) is 1. The highest BCUT2D eigenvalue weighted by Gasteiger charge is 2.26. The summed E-state index contributed by atoms with van der Waals surface area (Å²) < 4.78 is 34.2. The SMILES string of the molecule is [2H]c1c(Oc2cccc(N3Cn4c(nc5ccccc54)-c4ccccc43)c2)cc(-c2cc(C(C)(C)C)ccn2)c([2H])c1[2H]. The van der Waals surface area contributed by atoms with Crippen LogP contribution in [-0.4, -0.2) is 14.5 Å².